The molecule has 0 aromatic heterocycles. The highest BCUT2D eigenvalue weighted by Crippen LogP contribution is 2.54. The van der Waals surface area contributed by atoms with Crippen LogP contribution >= 0.6 is 0 Å². The maximum absolute atomic E-state index is 12.9. The molecule has 2 aliphatic heterocycles. The van der Waals surface area contributed by atoms with E-state index in [9.17, 15) is 4.79 Å². The van der Waals surface area contributed by atoms with Crippen LogP contribution in [0.2, 0.25) is 0 Å². The van der Waals surface area contributed by atoms with Gasteiger partial charge >= 0.3 is 5.97 Å². The summed E-state index contributed by atoms with van der Waals surface area (Å²) in [5, 5.41) is 8.87. The van der Waals surface area contributed by atoms with Crippen molar-refractivity contribution in [2.24, 2.45) is 10.2 Å². The molecule has 2 aliphatic rings. The van der Waals surface area contributed by atoms with Gasteiger partial charge in [-0.05, 0) is 122 Å². The molecule has 7 nitrogen and oxygen atoms in total. The van der Waals surface area contributed by atoms with E-state index in [1.807, 2.05) is 54.6 Å². The van der Waals surface area contributed by atoms with Crippen LogP contribution in [0.25, 0.3) is 17.2 Å². The van der Waals surface area contributed by atoms with E-state index in [1.54, 1.807) is 36.4 Å². The molecule has 52 heavy (non-hydrogen) atoms. The fraction of sp³-hybridized carbons (Fsp3) is 0.267. The van der Waals surface area contributed by atoms with Crippen LogP contribution in [0.4, 0.5) is 17.1 Å². The van der Waals surface area contributed by atoms with Crippen molar-refractivity contribution in [3.05, 3.63) is 138 Å². The number of anilines is 1. The Morgan fingerprint density at radius 1 is 0.750 bits per heavy atom. The van der Waals surface area contributed by atoms with E-state index in [4.69, 9.17) is 14.2 Å². The molecule has 0 N–H and O–H groups in total. The summed E-state index contributed by atoms with van der Waals surface area (Å²) in [4.78, 5) is 15.1. The van der Waals surface area contributed by atoms with Crippen molar-refractivity contribution < 1.29 is 19.0 Å². The molecule has 0 saturated carbocycles. The second kappa shape index (κ2) is 14.9. The van der Waals surface area contributed by atoms with Gasteiger partial charge in [0.2, 0.25) is 5.72 Å². The first-order valence-corrected chi connectivity index (χ1v) is 18.2. The molecule has 0 amide bonds. The summed E-state index contributed by atoms with van der Waals surface area (Å²) in [6.45, 7) is 7.42. The summed E-state index contributed by atoms with van der Waals surface area (Å²) in [5.41, 5.74) is 6.39. The monoisotopic (exact) mass is 691 g/mol. The minimum Gasteiger partial charge on any atom is -0.494 e. The summed E-state index contributed by atoms with van der Waals surface area (Å²) in [7, 11) is 2.09. The lowest BCUT2D eigenvalue weighted by Crippen LogP contribution is -2.58. The molecule has 1 spiro atoms. The van der Waals surface area contributed by atoms with Crippen molar-refractivity contribution in [2.45, 2.75) is 64.0 Å². The highest BCUT2D eigenvalue weighted by molar-refractivity contribution is 5.91. The van der Waals surface area contributed by atoms with E-state index in [1.165, 1.54) is 36.9 Å². The van der Waals surface area contributed by atoms with E-state index in [0.29, 0.717) is 22.7 Å². The zero-order valence-electron chi connectivity index (χ0n) is 30.3. The van der Waals surface area contributed by atoms with Crippen LogP contribution in [0, 0.1) is 0 Å². The average molecular weight is 692 g/mol. The number of para-hydroxylation sites is 1. The first-order chi connectivity index (χ1) is 25.3. The fourth-order valence-corrected chi connectivity index (χ4v) is 7.13. The number of ether oxygens (including phenoxy) is 3. The zero-order chi connectivity index (χ0) is 36.1. The van der Waals surface area contributed by atoms with E-state index in [0.717, 1.165) is 41.2 Å². The Morgan fingerprint density at radius 3 is 2.13 bits per heavy atom. The van der Waals surface area contributed by atoms with E-state index in [2.05, 4.69) is 79.4 Å². The van der Waals surface area contributed by atoms with Crippen LogP contribution in [0.5, 0.6) is 17.2 Å². The van der Waals surface area contributed by atoms with Gasteiger partial charge in [0, 0.05) is 18.3 Å². The van der Waals surface area contributed by atoms with Gasteiger partial charge < -0.3 is 19.1 Å². The molecule has 2 heterocycles. The number of nitrogens with zero attached hydrogens (tertiary/aromatic N) is 3. The van der Waals surface area contributed by atoms with E-state index >= 15 is 0 Å². The maximum Gasteiger partial charge on any atom is 0.343 e. The quantitative estimate of drug-likeness (QED) is 0.0563. The smallest absolute Gasteiger partial charge is 0.343 e. The third kappa shape index (κ3) is 6.96. The molecule has 1 atom stereocenters. The summed E-state index contributed by atoms with van der Waals surface area (Å²) < 4.78 is 18.3. The Labute approximate surface area is 306 Å². The lowest BCUT2D eigenvalue weighted by molar-refractivity contribution is 0.0582. The normalized spacial score (nSPS) is 16.8. The van der Waals surface area contributed by atoms with E-state index in [-0.39, 0.29) is 5.41 Å². The number of unbranched alkanes of at least 4 members (excludes halogenated alkanes) is 4. The number of hydrogen-bond donors (Lipinski definition) is 0. The molecule has 264 valence electrons. The predicted octanol–water partition coefficient (Wildman–Crippen LogP) is 11.9. The summed E-state index contributed by atoms with van der Waals surface area (Å²) in [6, 6.07) is 36.8. The van der Waals surface area contributed by atoms with Crippen molar-refractivity contribution in [1.82, 2.24) is 0 Å². The number of azo groups is 1. The average Bonchev–Trinajstić information content (AvgIpc) is 3.33. The van der Waals surface area contributed by atoms with Crippen LogP contribution < -0.4 is 19.1 Å². The number of carbonyl (C=O) groups is 1. The van der Waals surface area contributed by atoms with Gasteiger partial charge in [-0.1, -0.05) is 75.1 Å². The van der Waals surface area contributed by atoms with Crippen molar-refractivity contribution in [2.75, 3.05) is 18.6 Å². The van der Waals surface area contributed by atoms with Crippen LogP contribution in [-0.2, 0) is 5.41 Å². The van der Waals surface area contributed by atoms with Crippen LogP contribution in [0.15, 0.2) is 132 Å². The van der Waals surface area contributed by atoms with Gasteiger partial charge in [0.05, 0.1) is 29.0 Å². The lowest BCUT2D eigenvalue weighted by atomic mass is 9.76. The summed E-state index contributed by atoms with van der Waals surface area (Å²) in [6.07, 6.45) is 10.3. The van der Waals surface area contributed by atoms with Gasteiger partial charge in [0.15, 0.2) is 0 Å². The summed E-state index contributed by atoms with van der Waals surface area (Å²) >= 11 is 0. The molecule has 5 aromatic rings. The predicted molar refractivity (Wildman–Crippen MR) is 208 cm³/mol. The number of fused-ring (bicyclic) bond motifs is 2. The highest BCUT2D eigenvalue weighted by Gasteiger charge is 2.57. The summed E-state index contributed by atoms with van der Waals surface area (Å²) in [5.74, 6) is 1.68. The number of likely N-dealkylation sites (N-methyl/N-ethyl adjacent to an activating group) is 1. The fourth-order valence-electron chi connectivity index (χ4n) is 7.13. The largest absolute Gasteiger partial charge is 0.494 e. The zero-order valence-corrected chi connectivity index (χ0v) is 30.3. The van der Waals surface area contributed by atoms with Crippen molar-refractivity contribution in [1.29, 1.82) is 0 Å². The van der Waals surface area contributed by atoms with Gasteiger partial charge in [0.25, 0.3) is 0 Å². The maximum atomic E-state index is 12.9. The molecule has 7 heteroatoms. The third-order valence-corrected chi connectivity index (χ3v) is 10.2. The van der Waals surface area contributed by atoms with Crippen molar-refractivity contribution in [3.8, 4) is 28.4 Å². The van der Waals surface area contributed by atoms with Crippen molar-refractivity contribution in [3.63, 3.8) is 0 Å². The number of esters is 1. The molecule has 0 saturated heterocycles. The van der Waals surface area contributed by atoms with Crippen molar-refractivity contribution >= 4 is 29.1 Å². The molecule has 0 bridgehead atoms. The number of carbonyl (C=O) groups excluding carboxylic acids is 1. The number of hydrogen-bond acceptors (Lipinski definition) is 7. The van der Waals surface area contributed by atoms with Crippen LogP contribution in [0.1, 0.15) is 74.4 Å². The second-order valence-electron chi connectivity index (χ2n) is 14.0. The van der Waals surface area contributed by atoms with E-state index < -0.39 is 11.7 Å². The topological polar surface area (TPSA) is 72.7 Å². The van der Waals surface area contributed by atoms with Crippen LogP contribution in [0.3, 0.4) is 0 Å². The molecule has 0 aliphatic carbocycles. The first-order valence-electron chi connectivity index (χ1n) is 18.2. The third-order valence-electron chi connectivity index (χ3n) is 10.2. The molecular weight excluding hydrogens is 647 g/mol. The molecule has 0 radical (unpaired) electrons. The van der Waals surface area contributed by atoms with Gasteiger partial charge in [-0.25, -0.2) is 4.79 Å². The van der Waals surface area contributed by atoms with Gasteiger partial charge in [-0.15, -0.1) is 0 Å². The lowest BCUT2D eigenvalue weighted by Gasteiger charge is -2.45. The standard InChI is InChI=1S/C45H45N3O4/c1-5-6-7-8-11-30-50-38-23-18-33(19-24-38)32-14-16-34(17-15-32)43(49)51-39-25-20-36(21-26-39)46-47-37-22-27-42-35(31-37)28-29-45(52-42)44(2,3)40-12-9-10-13-41(40)48(45)4/h9-10,12-29,31H,5-8,11,30H2,1-4H3. The van der Waals surface area contributed by atoms with Gasteiger partial charge in [0.1, 0.15) is 17.2 Å². The Morgan fingerprint density at radius 2 is 1.40 bits per heavy atom. The Bertz CT molecular complexity index is 2090. The molecule has 7 rings (SSSR count). The first kappa shape index (κ1) is 34.7. The SMILES string of the molecule is CCCCCCCOc1ccc(-c2ccc(C(=O)Oc3ccc(N=Nc4ccc5c(c4)C=CC4(O5)N(C)c5ccccc5C4(C)C)cc3)cc2)cc1. The molecular formula is C45H45N3O4. The highest BCUT2D eigenvalue weighted by atomic mass is 16.5. The number of rotatable bonds is 12. The minimum absolute atomic E-state index is 0.258. The number of benzene rings is 5. The van der Waals surface area contributed by atoms with Gasteiger partial charge in [-0.2, -0.15) is 10.2 Å². The molecule has 0 fully saturated rings. The second-order valence-corrected chi connectivity index (χ2v) is 14.0. The van der Waals surface area contributed by atoms with Crippen LogP contribution in [-0.4, -0.2) is 25.3 Å². The minimum atomic E-state index is -0.628. The Hall–Kier alpha value is -5.69. The molecule has 1 unspecified atom stereocenters. The Kier molecular flexibility index (Phi) is 9.95. The van der Waals surface area contributed by atoms with Gasteiger partial charge in [-0.3, -0.25) is 0 Å². The molecule has 5 aromatic carbocycles. The Balaban J connectivity index is 0.927.